The van der Waals surface area contributed by atoms with Gasteiger partial charge in [-0.05, 0) is 37.1 Å². The number of pyridine rings is 1. The molecule has 0 saturated carbocycles. The average Bonchev–Trinajstić information content (AvgIpc) is 2.55. The van der Waals surface area contributed by atoms with Crippen LogP contribution in [0.4, 0.5) is 0 Å². The van der Waals surface area contributed by atoms with E-state index in [1.54, 1.807) is 24.8 Å². The first-order valence-electron chi connectivity index (χ1n) is 7.37. The fraction of sp³-hybridized carbons (Fsp3) is 0.471. The molecule has 0 N–H and O–H groups in total. The van der Waals surface area contributed by atoms with Gasteiger partial charge in [0.1, 0.15) is 6.33 Å². The number of aryl methyl sites for hydroxylation is 2. The minimum Gasteiger partial charge on any atom is -0.265 e. The van der Waals surface area contributed by atoms with Gasteiger partial charge in [0.05, 0.1) is 0 Å². The van der Waals surface area contributed by atoms with Crippen molar-refractivity contribution in [3.63, 3.8) is 0 Å². The summed E-state index contributed by atoms with van der Waals surface area (Å²) in [5.41, 5.74) is 2.36. The maximum Gasteiger partial charge on any atom is 0.115 e. The Morgan fingerprint density at radius 3 is 1.20 bits per heavy atom. The van der Waals surface area contributed by atoms with Crippen LogP contribution < -0.4 is 0 Å². The number of hydrogen-bond acceptors (Lipinski definition) is 3. The van der Waals surface area contributed by atoms with E-state index in [0.717, 1.165) is 5.56 Å². The second-order valence-electron chi connectivity index (χ2n) is 2.94. The lowest BCUT2D eigenvalue weighted by Crippen LogP contribution is -1.75. The van der Waals surface area contributed by atoms with Crippen molar-refractivity contribution in [1.29, 1.82) is 0 Å². The molecule has 0 aliphatic rings. The molecule has 0 atom stereocenters. The minimum atomic E-state index is 1.10. The van der Waals surface area contributed by atoms with E-state index < -0.39 is 0 Å². The summed E-state index contributed by atoms with van der Waals surface area (Å²) in [4.78, 5) is 11.4. The van der Waals surface area contributed by atoms with Crippen molar-refractivity contribution in [1.82, 2.24) is 15.0 Å². The largest absolute Gasteiger partial charge is 0.265 e. The summed E-state index contributed by atoms with van der Waals surface area (Å²) in [5, 5.41) is 0. The van der Waals surface area contributed by atoms with E-state index in [1.165, 1.54) is 11.9 Å². The van der Waals surface area contributed by atoms with Crippen LogP contribution >= 0.6 is 0 Å². The van der Waals surface area contributed by atoms with Crippen LogP contribution in [0.15, 0.2) is 43.2 Å². The van der Waals surface area contributed by atoms with Gasteiger partial charge < -0.3 is 0 Å². The van der Waals surface area contributed by atoms with Crippen molar-refractivity contribution in [2.45, 2.75) is 55.4 Å². The summed E-state index contributed by atoms with van der Waals surface area (Å²) < 4.78 is 0. The van der Waals surface area contributed by atoms with Crippen molar-refractivity contribution >= 4 is 0 Å². The fourth-order valence-electron chi connectivity index (χ4n) is 0.800. The summed E-state index contributed by atoms with van der Waals surface area (Å²) in [5.74, 6) is 0. The van der Waals surface area contributed by atoms with E-state index in [9.17, 15) is 0 Å². The minimum absolute atomic E-state index is 1.10. The van der Waals surface area contributed by atoms with E-state index >= 15 is 0 Å². The first-order chi connectivity index (χ1) is 9.79. The lowest BCUT2D eigenvalue weighted by molar-refractivity contribution is 1.13. The zero-order valence-corrected chi connectivity index (χ0v) is 14.4. The van der Waals surface area contributed by atoms with Crippen LogP contribution in [0.2, 0.25) is 0 Å². The molecule has 0 radical (unpaired) electrons. The Morgan fingerprint density at radius 2 is 1.00 bits per heavy atom. The Bertz CT molecular complexity index is 310. The summed E-state index contributed by atoms with van der Waals surface area (Å²) in [7, 11) is 0. The molecule has 0 spiro atoms. The van der Waals surface area contributed by atoms with Crippen LogP contribution in [0.25, 0.3) is 0 Å². The highest BCUT2D eigenvalue weighted by Gasteiger charge is 1.74. The van der Waals surface area contributed by atoms with Crippen LogP contribution in [0.1, 0.15) is 52.7 Å². The molecule has 2 heterocycles. The van der Waals surface area contributed by atoms with E-state index in [0.29, 0.717) is 0 Å². The number of rotatable bonds is 0. The van der Waals surface area contributed by atoms with Crippen molar-refractivity contribution in [2.24, 2.45) is 0 Å². The van der Waals surface area contributed by atoms with Gasteiger partial charge in [-0.25, -0.2) is 9.97 Å². The first kappa shape index (κ1) is 23.3. The first-order valence-corrected chi connectivity index (χ1v) is 7.37. The molecule has 2 aromatic rings. The highest BCUT2D eigenvalue weighted by atomic mass is 14.8. The van der Waals surface area contributed by atoms with Gasteiger partial charge in [-0.3, -0.25) is 4.98 Å². The third kappa shape index (κ3) is 18.6. The van der Waals surface area contributed by atoms with E-state index in [2.05, 4.69) is 15.0 Å². The molecule has 2 aromatic heterocycles. The topological polar surface area (TPSA) is 38.7 Å². The van der Waals surface area contributed by atoms with Crippen LogP contribution in [0.5, 0.6) is 0 Å². The average molecular weight is 277 g/mol. The van der Waals surface area contributed by atoms with Gasteiger partial charge in [0, 0.05) is 24.8 Å². The molecule has 2 rings (SSSR count). The van der Waals surface area contributed by atoms with Crippen molar-refractivity contribution in [3.05, 3.63) is 54.4 Å². The molecule has 20 heavy (non-hydrogen) atoms. The molecule has 0 amide bonds. The normalized spacial score (nSPS) is 7.00. The lowest BCUT2D eigenvalue weighted by Gasteiger charge is -1.82. The molecule has 0 aliphatic carbocycles. The number of hydrogen-bond donors (Lipinski definition) is 0. The van der Waals surface area contributed by atoms with Gasteiger partial charge in [-0.15, -0.1) is 0 Å². The molecular formula is C17H31N3. The Morgan fingerprint density at radius 1 is 0.600 bits per heavy atom. The summed E-state index contributed by atoms with van der Waals surface area (Å²) >= 11 is 0. The molecule has 3 nitrogen and oxygen atoms in total. The molecular weight excluding hydrogens is 246 g/mol. The SMILES string of the molecule is CC.CC.CC.Cc1ccncc1.Cc1cncnc1. The summed E-state index contributed by atoms with van der Waals surface area (Å²) in [6, 6.07) is 3.94. The maximum atomic E-state index is 3.85. The number of nitrogens with zero attached hydrogens (tertiary/aromatic N) is 3. The van der Waals surface area contributed by atoms with Crippen LogP contribution in [-0.4, -0.2) is 15.0 Å². The summed E-state index contributed by atoms with van der Waals surface area (Å²) in [6.45, 7) is 16.0. The summed E-state index contributed by atoms with van der Waals surface area (Å²) in [6.07, 6.45) is 8.64. The van der Waals surface area contributed by atoms with Gasteiger partial charge in [-0.1, -0.05) is 41.5 Å². The van der Waals surface area contributed by atoms with Crippen LogP contribution in [0, 0.1) is 13.8 Å². The molecule has 0 unspecified atom stereocenters. The molecule has 0 saturated heterocycles. The fourth-order valence-corrected chi connectivity index (χ4v) is 0.800. The quantitative estimate of drug-likeness (QED) is 0.660. The molecule has 0 aliphatic heterocycles. The molecule has 3 heteroatoms. The predicted octanol–water partition coefficient (Wildman–Crippen LogP) is 5.25. The third-order valence-corrected chi connectivity index (χ3v) is 1.54. The van der Waals surface area contributed by atoms with Gasteiger partial charge >= 0.3 is 0 Å². The van der Waals surface area contributed by atoms with Crippen molar-refractivity contribution < 1.29 is 0 Å². The van der Waals surface area contributed by atoms with Gasteiger partial charge in [-0.2, -0.15) is 0 Å². The van der Waals surface area contributed by atoms with Gasteiger partial charge in [0.2, 0.25) is 0 Å². The van der Waals surface area contributed by atoms with Crippen LogP contribution in [-0.2, 0) is 0 Å². The molecule has 0 bridgehead atoms. The van der Waals surface area contributed by atoms with Gasteiger partial charge in [0.25, 0.3) is 0 Å². The standard InChI is InChI=1S/C6H7N.C5H6N2.3C2H6/c1-6-2-4-7-5-3-6;1-5-2-6-4-7-3-5;3*1-2/h2-5H,1H3;2-4H,1H3;3*1-2H3. The molecule has 114 valence electrons. The van der Waals surface area contributed by atoms with Gasteiger partial charge in [0.15, 0.2) is 0 Å². The third-order valence-electron chi connectivity index (χ3n) is 1.54. The van der Waals surface area contributed by atoms with E-state index in [-0.39, 0.29) is 0 Å². The Balaban J connectivity index is -0.000000211. The Labute approximate surface area is 125 Å². The maximum absolute atomic E-state index is 3.85. The lowest BCUT2D eigenvalue weighted by atomic mass is 10.3. The smallest absolute Gasteiger partial charge is 0.115 e. The van der Waals surface area contributed by atoms with Crippen LogP contribution in [0.3, 0.4) is 0 Å². The predicted molar refractivity (Wildman–Crippen MR) is 89.8 cm³/mol. The second-order valence-corrected chi connectivity index (χ2v) is 2.94. The monoisotopic (exact) mass is 277 g/mol. The molecule has 0 aromatic carbocycles. The van der Waals surface area contributed by atoms with Crippen molar-refractivity contribution in [3.8, 4) is 0 Å². The Kier molecular flexibility index (Phi) is 26.1. The Hall–Kier alpha value is -1.77. The highest BCUT2D eigenvalue weighted by molar-refractivity contribution is 5.05. The number of aromatic nitrogens is 3. The van der Waals surface area contributed by atoms with E-state index in [4.69, 9.17) is 0 Å². The second kappa shape index (κ2) is 22.4. The highest BCUT2D eigenvalue weighted by Crippen LogP contribution is 1.88. The van der Waals surface area contributed by atoms with Crippen molar-refractivity contribution in [2.75, 3.05) is 0 Å². The molecule has 0 fully saturated rings. The zero-order valence-electron chi connectivity index (χ0n) is 14.4. The zero-order chi connectivity index (χ0) is 16.2. The van der Waals surface area contributed by atoms with E-state index in [1.807, 2.05) is 67.5 Å².